The summed E-state index contributed by atoms with van der Waals surface area (Å²) in [5, 5.41) is 7.77. The van der Waals surface area contributed by atoms with Gasteiger partial charge in [0, 0.05) is 17.6 Å². The molecule has 0 unspecified atom stereocenters. The summed E-state index contributed by atoms with van der Waals surface area (Å²) in [6.07, 6.45) is 3.23. The van der Waals surface area contributed by atoms with Crippen LogP contribution in [0.2, 0.25) is 0 Å². The van der Waals surface area contributed by atoms with Gasteiger partial charge in [-0.1, -0.05) is 12.1 Å². The van der Waals surface area contributed by atoms with E-state index in [4.69, 9.17) is 4.42 Å². The predicted molar refractivity (Wildman–Crippen MR) is 89.5 cm³/mol. The molecule has 0 aliphatic heterocycles. The Bertz CT molecular complexity index is 759. The molecule has 0 saturated heterocycles. The number of benzene rings is 1. The number of aromatic nitrogens is 3. The van der Waals surface area contributed by atoms with Gasteiger partial charge in [0.2, 0.25) is 0 Å². The normalized spacial score (nSPS) is 13.9. The van der Waals surface area contributed by atoms with E-state index in [2.05, 4.69) is 59.6 Å². The number of nitrogens with zero attached hydrogens (tertiary/aromatic N) is 3. The first-order valence-corrected chi connectivity index (χ1v) is 7.82. The van der Waals surface area contributed by atoms with Crippen molar-refractivity contribution in [1.29, 1.82) is 0 Å². The van der Waals surface area contributed by atoms with E-state index in [1.807, 2.05) is 13.8 Å². The Hall–Kier alpha value is -2.40. The van der Waals surface area contributed by atoms with Crippen LogP contribution in [0, 0.1) is 13.8 Å². The molecule has 23 heavy (non-hydrogen) atoms. The molecule has 2 aromatic heterocycles. The van der Waals surface area contributed by atoms with Gasteiger partial charge in [0.25, 0.3) is 0 Å². The molecule has 2 heterocycles. The third-order valence-corrected chi connectivity index (χ3v) is 4.12. The average Bonchev–Trinajstić information content (AvgIpc) is 3.17. The zero-order valence-corrected chi connectivity index (χ0v) is 13.9. The minimum Gasteiger partial charge on any atom is -0.466 e. The Kier molecular flexibility index (Phi) is 4.30. The number of hydrogen-bond donors (Lipinski definition) is 1. The van der Waals surface area contributed by atoms with E-state index in [0.717, 1.165) is 17.2 Å². The van der Waals surface area contributed by atoms with Crippen LogP contribution < -0.4 is 5.32 Å². The molecule has 0 aliphatic rings. The molecular weight excluding hydrogens is 288 g/mol. The Morgan fingerprint density at radius 2 is 1.83 bits per heavy atom. The quantitative estimate of drug-likeness (QED) is 0.777. The van der Waals surface area contributed by atoms with Gasteiger partial charge < -0.3 is 9.73 Å². The van der Waals surface area contributed by atoms with Gasteiger partial charge in [-0.3, -0.25) is 0 Å². The number of hydrogen-bond acceptors (Lipinski definition) is 4. The average molecular weight is 310 g/mol. The second kappa shape index (κ2) is 6.38. The Balaban J connectivity index is 1.70. The summed E-state index contributed by atoms with van der Waals surface area (Å²) in [4.78, 5) is 3.97. The highest BCUT2D eigenvalue weighted by Gasteiger charge is 2.15. The van der Waals surface area contributed by atoms with E-state index >= 15 is 0 Å². The SMILES string of the molecule is Cc1cc([C@H](C)N[C@@H](C)c2ccc(-n3cncn3)cc2)c(C)o1. The Morgan fingerprint density at radius 1 is 1.09 bits per heavy atom. The third kappa shape index (κ3) is 3.35. The second-order valence-electron chi connectivity index (χ2n) is 5.91. The fourth-order valence-electron chi connectivity index (χ4n) is 2.90. The summed E-state index contributed by atoms with van der Waals surface area (Å²) >= 11 is 0. The molecule has 1 aromatic carbocycles. The molecule has 5 heteroatoms. The molecule has 0 bridgehead atoms. The van der Waals surface area contributed by atoms with Gasteiger partial charge in [-0.2, -0.15) is 5.10 Å². The van der Waals surface area contributed by atoms with Crippen LogP contribution in [-0.2, 0) is 0 Å². The Morgan fingerprint density at radius 3 is 2.39 bits per heavy atom. The van der Waals surface area contributed by atoms with E-state index in [9.17, 15) is 0 Å². The van der Waals surface area contributed by atoms with Gasteiger partial charge in [-0.25, -0.2) is 9.67 Å². The van der Waals surface area contributed by atoms with Crippen LogP contribution in [0.25, 0.3) is 5.69 Å². The number of rotatable bonds is 5. The van der Waals surface area contributed by atoms with Gasteiger partial charge in [-0.05, 0) is 51.5 Å². The van der Waals surface area contributed by atoms with Gasteiger partial charge >= 0.3 is 0 Å². The van der Waals surface area contributed by atoms with Crippen molar-refractivity contribution in [3.05, 3.63) is 65.6 Å². The molecule has 0 spiro atoms. The molecule has 5 nitrogen and oxygen atoms in total. The fraction of sp³-hybridized carbons (Fsp3) is 0.333. The van der Waals surface area contributed by atoms with Crippen LogP contribution in [-0.4, -0.2) is 14.8 Å². The number of furan rings is 1. The van der Waals surface area contributed by atoms with Crippen LogP contribution >= 0.6 is 0 Å². The van der Waals surface area contributed by atoms with Gasteiger partial charge in [-0.15, -0.1) is 0 Å². The predicted octanol–water partition coefficient (Wildman–Crippen LogP) is 3.89. The summed E-state index contributed by atoms with van der Waals surface area (Å²) in [5.74, 6) is 1.94. The summed E-state index contributed by atoms with van der Waals surface area (Å²) in [7, 11) is 0. The maximum atomic E-state index is 5.62. The highest BCUT2D eigenvalue weighted by atomic mass is 16.3. The van der Waals surface area contributed by atoms with Crippen LogP contribution in [0.5, 0.6) is 0 Å². The van der Waals surface area contributed by atoms with Crippen molar-refractivity contribution in [1.82, 2.24) is 20.1 Å². The molecule has 1 N–H and O–H groups in total. The van der Waals surface area contributed by atoms with E-state index in [1.54, 1.807) is 11.0 Å². The van der Waals surface area contributed by atoms with Crippen LogP contribution in [0.1, 0.15) is 48.6 Å². The van der Waals surface area contributed by atoms with E-state index in [1.165, 1.54) is 17.5 Å². The lowest BCUT2D eigenvalue weighted by Crippen LogP contribution is -2.22. The maximum absolute atomic E-state index is 5.62. The van der Waals surface area contributed by atoms with E-state index in [0.29, 0.717) is 0 Å². The standard InChI is InChI=1S/C18H22N4O/c1-12-9-18(15(4)23-12)14(3)21-13(2)16-5-7-17(8-6-16)22-11-19-10-20-22/h5-11,13-14,21H,1-4H3/t13-,14-/m0/s1. The van der Waals surface area contributed by atoms with Gasteiger partial charge in [0.05, 0.1) is 5.69 Å². The molecule has 3 rings (SSSR count). The van der Waals surface area contributed by atoms with Gasteiger partial charge in [0.1, 0.15) is 24.2 Å². The first-order chi connectivity index (χ1) is 11.0. The lowest BCUT2D eigenvalue weighted by Gasteiger charge is -2.20. The monoisotopic (exact) mass is 310 g/mol. The van der Waals surface area contributed by atoms with E-state index < -0.39 is 0 Å². The van der Waals surface area contributed by atoms with Crippen LogP contribution in [0.3, 0.4) is 0 Å². The smallest absolute Gasteiger partial charge is 0.138 e. The molecule has 0 aliphatic carbocycles. The lowest BCUT2D eigenvalue weighted by atomic mass is 10.0. The van der Waals surface area contributed by atoms with Crippen molar-refractivity contribution in [3.63, 3.8) is 0 Å². The van der Waals surface area contributed by atoms with Crippen molar-refractivity contribution in [3.8, 4) is 5.69 Å². The lowest BCUT2D eigenvalue weighted by molar-refractivity contribution is 0.469. The summed E-state index contributed by atoms with van der Waals surface area (Å²) in [6.45, 7) is 8.33. The minimum atomic E-state index is 0.234. The molecular formula is C18H22N4O. The first-order valence-electron chi connectivity index (χ1n) is 7.82. The molecule has 2 atom stereocenters. The minimum absolute atomic E-state index is 0.234. The first kappa shape index (κ1) is 15.5. The highest BCUT2D eigenvalue weighted by Crippen LogP contribution is 2.24. The molecule has 3 aromatic rings. The Labute approximate surface area is 136 Å². The zero-order chi connectivity index (χ0) is 16.4. The van der Waals surface area contributed by atoms with Crippen molar-refractivity contribution in [2.24, 2.45) is 0 Å². The van der Waals surface area contributed by atoms with Crippen molar-refractivity contribution in [2.75, 3.05) is 0 Å². The molecule has 0 fully saturated rings. The number of aryl methyl sites for hydroxylation is 2. The summed E-state index contributed by atoms with van der Waals surface area (Å²) in [5.41, 5.74) is 3.46. The van der Waals surface area contributed by atoms with Crippen LogP contribution in [0.15, 0.2) is 47.4 Å². The second-order valence-corrected chi connectivity index (χ2v) is 5.91. The van der Waals surface area contributed by atoms with Crippen molar-refractivity contribution < 1.29 is 4.42 Å². The molecule has 0 amide bonds. The zero-order valence-electron chi connectivity index (χ0n) is 13.9. The number of nitrogens with one attached hydrogen (secondary N) is 1. The summed E-state index contributed by atoms with van der Waals surface area (Å²) in [6, 6.07) is 10.9. The van der Waals surface area contributed by atoms with Gasteiger partial charge in [0.15, 0.2) is 0 Å². The largest absolute Gasteiger partial charge is 0.466 e. The maximum Gasteiger partial charge on any atom is 0.138 e. The molecule has 120 valence electrons. The van der Waals surface area contributed by atoms with Crippen molar-refractivity contribution in [2.45, 2.75) is 39.8 Å². The molecule has 0 saturated carbocycles. The van der Waals surface area contributed by atoms with Crippen molar-refractivity contribution >= 4 is 0 Å². The van der Waals surface area contributed by atoms with Crippen LogP contribution in [0.4, 0.5) is 0 Å². The third-order valence-electron chi connectivity index (χ3n) is 4.12. The van der Waals surface area contributed by atoms with E-state index in [-0.39, 0.29) is 12.1 Å². The summed E-state index contributed by atoms with van der Waals surface area (Å²) < 4.78 is 7.38. The topological polar surface area (TPSA) is 55.9 Å². The fourth-order valence-corrected chi connectivity index (χ4v) is 2.90. The highest BCUT2D eigenvalue weighted by molar-refractivity contribution is 5.34. The molecule has 0 radical (unpaired) electrons.